The van der Waals surface area contributed by atoms with Gasteiger partial charge in [0.1, 0.15) is 0 Å². The topological polar surface area (TPSA) is 0 Å². The highest BCUT2D eigenvalue weighted by Gasteiger charge is 2.67. The summed E-state index contributed by atoms with van der Waals surface area (Å²) in [5.74, 6) is 1.67. The van der Waals surface area contributed by atoms with Gasteiger partial charge < -0.3 is 0 Å². The molecule has 15 heavy (non-hydrogen) atoms. The van der Waals surface area contributed by atoms with E-state index in [1.807, 2.05) is 0 Å². The molecular weight excluding hydrogens is 180 g/mol. The molecule has 0 aromatic carbocycles. The number of rotatable bonds is 5. The van der Waals surface area contributed by atoms with Gasteiger partial charge in [-0.1, -0.05) is 38.5 Å². The van der Waals surface area contributed by atoms with Gasteiger partial charge in [0, 0.05) is 5.41 Å². The zero-order valence-electron chi connectivity index (χ0n) is 10.6. The maximum Gasteiger partial charge on any atom is 0.0144 e. The molecule has 2 rings (SSSR count). The molecule has 0 heterocycles. The molecule has 2 aliphatic carbocycles. The Morgan fingerprint density at radius 3 is 2.40 bits per heavy atom. The molecule has 0 heteroatoms. The number of hydrogen-bond acceptors (Lipinski definition) is 0. The van der Waals surface area contributed by atoms with Crippen LogP contribution in [0.1, 0.15) is 47.0 Å². The molecule has 0 aromatic rings. The summed E-state index contributed by atoms with van der Waals surface area (Å²) < 4.78 is 0. The quantitative estimate of drug-likeness (QED) is 0.575. The lowest BCUT2D eigenvalue weighted by molar-refractivity contribution is 0.206. The Balaban J connectivity index is 2.10. The van der Waals surface area contributed by atoms with Crippen LogP contribution in [-0.2, 0) is 0 Å². The van der Waals surface area contributed by atoms with E-state index in [9.17, 15) is 0 Å². The van der Waals surface area contributed by atoms with E-state index >= 15 is 0 Å². The normalized spacial score (nSPS) is 35.7. The van der Waals surface area contributed by atoms with Gasteiger partial charge in [-0.05, 0) is 43.4 Å². The van der Waals surface area contributed by atoms with E-state index < -0.39 is 0 Å². The molecular formula is C15H24. The van der Waals surface area contributed by atoms with Crippen molar-refractivity contribution in [2.45, 2.75) is 47.0 Å². The fourth-order valence-electron chi connectivity index (χ4n) is 3.72. The first-order chi connectivity index (χ1) is 6.98. The van der Waals surface area contributed by atoms with Gasteiger partial charge in [0.2, 0.25) is 0 Å². The molecule has 0 saturated heterocycles. The highest BCUT2D eigenvalue weighted by molar-refractivity contribution is 5.38. The lowest BCUT2D eigenvalue weighted by atomic mass is 9.71. The average molecular weight is 204 g/mol. The second-order valence-corrected chi connectivity index (χ2v) is 5.99. The van der Waals surface area contributed by atoms with Crippen molar-refractivity contribution < 1.29 is 0 Å². The molecule has 2 atom stereocenters. The molecule has 0 spiro atoms. The summed E-state index contributed by atoms with van der Waals surface area (Å²) in [5.41, 5.74) is 2.43. The Morgan fingerprint density at radius 1 is 1.47 bits per heavy atom. The average Bonchev–Trinajstić information content (AvgIpc) is 2.94. The summed E-state index contributed by atoms with van der Waals surface area (Å²) in [6, 6.07) is 0. The predicted octanol–water partition coefficient (Wildman–Crippen LogP) is 4.58. The molecule has 0 aliphatic heterocycles. The van der Waals surface area contributed by atoms with E-state index in [1.165, 1.54) is 24.8 Å². The first-order valence-corrected chi connectivity index (χ1v) is 6.33. The van der Waals surface area contributed by atoms with Gasteiger partial charge in [-0.3, -0.25) is 0 Å². The second kappa shape index (κ2) is 3.23. The van der Waals surface area contributed by atoms with Crippen molar-refractivity contribution in [2.75, 3.05) is 0 Å². The van der Waals surface area contributed by atoms with Crippen LogP contribution in [0.4, 0.5) is 0 Å². The standard InChI is InChI=1S/C15H24/c1-6-14(10-13(14)9-11(2)3)15(7-8-15)12(4)5/h7-8,12-13H,2,6,9-10H2,1,3-5H3. The molecule has 0 bridgehead atoms. The summed E-state index contributed by atoms with van der Waals surface area (Å²) >= 11 is 0. The van der Waals surface area contributed by atoms with Gasteiger partial charge >= 0.3 is 0 Å². The summed E-state index contributed by atoms with van der Waals surface area (Å²) in [7, 11) is 0. The minimum absolute atomic E-state index is 0.474. The van der Waals surface area contributed by atoms with Crippen molar-refractivity contribution >= 4 is 0 Å². The van der Waals surface area contributed by atoms with E-state index in [0.29, 0.717) is 10.8 Å². The third-order valence-electron chi connectivity index (χ3n) is 4.80. The van der Waals surface area contributed by atoms with E-state index in [4.69, 9.17) is 0 Å². The summed E-state index contributed by atoms with van der Waals surface area (Å²) in [5, 5.41) is 0. The molecule has 1 fully saturated rings. The molecule has 0 radical (unpaired) electrons. The zero-order chi connectivity index (χ0) is 11.3. The Labute approximate surface area is 94.5 Å². The van der Waals surface area contributed by atoms with Crippen molar-refractivity contribution in [3.63, 3.8) is 0 Å². The lowest BCUT2D eigenvalue weighted by Crippen LogP contribution is -2.26. The van der Waals surface area contributed by atoms with Gasteiger partial charge in [-0.25, -0.2) is 0 Å². The van der Waals surface area contributed by atoms with E-state index in [2.05, 4.69) is 46.4 Å². The molecule has 2 aliphatic rings. The van der Waals surface area contributed by atoms with Crippen LogP contribution in [0.2, 0.25) is 0 Å². The molecule has 84 valence electrons. The highest BCUT2D eigenvalue weighted by Crippen LogP contribution is 2.74. The molecule has 2 unspecified atom stereocenters. The van der Waals surface area contributed by atoms with Crippen molar-refractivity contribution in [1.82, 2.24) is 0 Å². The third-order valence-corrected chi connectivity index (χ3v) is 4.80. The minimum Gasteiger partial charge on any atom is -0.100 e. The van der Waals surface area contributed by atoms with Crippen LogP contribution in [0.5, 0.6) is 0 Å². The monoisotopic (exact) mass is 204 g/mol. The van der Waals surface area contributed by atoms with Crippen molar-refractivity contribution in [3.8, 4) is 0 Å². The Kier molecular flexibility index (Phi) is 2.37. The fraction of sp³-hybridized carbons (Fsp3) is 0.733. The van der Waals surface area contributed by atoms with Crippen molar-refractivity contribution in [1.29, 1.82) is 0 Å². The molecule has 0 aromatic heterocycles. The predicted molar refractivity (Wildman–Crippen MR) is 66.7 cm³/mol. The summed E-state index contributed by atoms with van der Waals surface area (Å²) in [6.45, 7) is 13.3. The summed E-state index contributed by atoms with van der Waals surface area (Å²) in [6.07, 6.45) is 8.90. The fourth-order valence-corrected chi connectivity index (χ4v) is 3.72. The Morgan fingerprint density at radius 2 is 2.07 bits per heavy atom. The van der Waals surface area contributed by atoms with Gasteiger partial charge in [-0.2, -0.15) is 0 Å². The van der Waals surface area contributed by atoms with Crippen LogP contribution in [0.3, 0.4) is 0 Å². The lowest BCUT2D eigenvalue weighted by Gasteiger charge is -2.32. The van der Waals surface area contributed by atoms with Crippen molar-refractivity contribution in [2.24, 2.45) is 22.7 Å². The SMILES string of the molecule is C=C(C)CC1CC1(CC)C1(C(C)C)C=C1. The van der Waals surface area contributed by atoms with Crippen molar-refractivity contribution in [3.05, 3.63) is 24.3 Å². The smallest absolute Gasteiger partial charge is 0.0144 e. The largest absolute Gasteiger partial charge is 0.100 e. The Bertz CT molecular complexity index is 302. The first-order valence-electron chi connectivity index (χ1n) is 6.33. The third kappa shape index (κ3) is 1.41. The summed E-state index contributed by atoms with van der Waals surface area (Å²) in [4.78, 5) is 0. The van der Waals surface area contributed by atoms with Gasteiger partial charge in [0.15, 0.2) is 0 Å². The van der Waals surface area contributed by atoms with Gasteiger partial charge in [0.25, 0.3) is 0 Å². The number of hydrogen-bond donors (Lipinski definition) is 0. The Hall–Kier alpha value is -0.520. The van der Waals surface area contributed by atoms with Crippen LogP contribution >= 0.6 is 0 Å². The molecule has 0 N–H and O–H groups in total. The van der Waals surface area contributed by atoms with Crippen LogP contribution < -0.4 is 0 Å². The maximum atomic E-state index is 4.06. The minimum atomic E-state index is 0.474. The van der Waals surface area contributed by atoms with Gasteiger partial charge in [-0.15, -0.1) is 6.58 Å². The first kappa shape index (κ1) is 11.0. The van der Waals surface area contributed by atoms with Gasteiger partial charge in [0.05, 0.1) is 0 Å². The van der Waals surface area contributed by atoms with E-state index in [0.717, 1.165) is 11.8 Å². The van der Waals surface area contributed by atoms with E-state index in [1.54, 1.807) is 0 Å². The van der Waals surface area contributed by atoms with Crippen LogP contribution in [0, 0.1) is 22.7 Å². The van der Waals surface area contributed by atoms with E-state index in [-0.39, 0.29) is 0 Å². The van der Waals surface area contributed by atoms with Crippen LogP contribution in [-0.4, -0.2) is 0 Å². The highest BCUT2D eigenvalue weighted by atomic mass is 14.7. The van der Waals surface area contributed by atoms with Crippen LogP contribution in [0.25, 0.3) is 0 Å². The maximum absolute atomic E-state index is 4.06. The molecule has 1 saturated carbocycles. The molecule has 0 nitrogen and oxygen atoms in total. The van der Waals surface area contributed by atoms with Crippen LogP contribution in [0.15, 0.2) is 24.3 Å². The molecule has 0 amide bonds. The number of allylic oxidation sites excluding steroid dienone is 3. The zero-order valence-corrected chi connectivity index (χ0v) is 10.6. The second-order valence-electron chi connectivity index (χ2n) is 5.99.